The lowest BCUT2D eigenvalue weighted by atomic mass is 9.84. The van der Waals surface area contributed by atoms with Gasteiger partial charge in [0.25, 0.3) is 5.91 Å². The van der Waals surface area contributed by atoms with E-state index < -0.39 is 0 Å². The van der Waals surface area contributed by atoms with Gasteiger partial charge >= 0.3 is 0 Å². The fraction of sp³-hybridized carbons (Fsp3) is 0.533. The van der Waals surface area contributed by atoms with Gasteiger partial charge in [0, 0.05) is 20.6 Å². The van der Waals surface area contributed by atoms with Gasteiger partial charge in [-0.05, 0) is 75.5 Å². The Hall–Kier alpha value is -0.140. The number of halogens is 2. The molecule has 0 saturated heterocycles. The van der Waals surface area contributed by atoms with Crippen LogP contribution in [0, 0.1) is 9.49 Å². The molecule has 0 radical (unpaired) electrons. The molecule has 1 aliphatic carbocycles. The van der Waals surface area contributed by atoms with Gasteiger partial charge in [0.05, 0.1) is 5.56 Å². The van der Waals surface area contributed by atoms with Crippen LogP contribution in [-0.4, -0.2) is 18.5 Å². The second kappa shape index (κ2) is 7.75. The Kier molecular flexibility index (Phi) is 6.29. The molecule has 3 nitrogen and oxygen atoms in total. The first-order valence-electron chi connectivity index (χ1n) is 7.08. The largest absolute Gasteiger partial charge is 0.348 e. The molecule has 1 aromatic carbocycles. The molecule has 1 atom stereocenters. The molecule has 1 aromatic rings. The van der Waals surface area contributed by atoms with Crippen molar-refractivity contribution in [3.63, 3.8) is 0 Å². The summed E-state index contributed by atoms with van der Waals surface area (Å²) in [5, 5.41) is 3.12. The Morgan fingerprint density at radius 3 is 2.75 bits per heavy atom. The predicted octanol–water partition coefficient (Wildman–Crippen LogP) is 3.69. The van der Waals surface area contributed by atoms with Crippen LogP contribution in [0.1, 0.15) is 42.5 Å². The number of nitrogens with two attached hydrogens (primary N) is 1. The summed E-state index contributed by atoms with van der Waals surface area (Å²) >= 11 is 5.66. The first-order valence-corrected chi connectivity index (χ1v) is 8.95. The number of carbonyl (C=O) groups is 1. The van der Waals surface area contributed by atoms with Crippen molar-refractivity contribution in [3.05, 3.63) is 31.8 Å². The van der Waals surface area contributed by atoms with E-state index in [2.05, 4.69) is 43.8 Å². The maximum absolute atomic E-state index is 12.4. The SMILES string of the molecule is NCC(NC(=O)c1cc(I)ccc1Br)C1CCCCC1. The summed E-state index contributed by atoms with van der Waals surface area (Å²) in [4.78, 5) is 12.4. The van der Waals surface area contributed by atoms with Crippen molar-refractivity contribution in [1.82, 2.24) is 5.32 Å². The predicted molar refractivity (Wildman–Crippen MR) is 93.7 cm³/mol. The van der Waals surface area contributed by atoms with Gasteiger partial charge in [0.15, 0.2) is 0 Å². The van der Waals surface area contributed by atoms with Gasteiger partial charge in [0.2, 0.25) is 0 Å². The van der Waals surface area contributed by atoms with Crippen LogP contribution >= 0.6 is 38.5 Å². The summed E-state index contributed by atoms with van der Waals surface area (Å²) in [5.74, 6) is 0.496. The van der Waals surface area contributed by atoms with Crippen LogP contribution in [0.4, 0.5) is 0 Å². The monoisotopic (exact) mass is 450 g/mol. The molecule has 1 amide bonds. The van der Waals surface area contributed by atoms with Crippen LogP contribution < -0.4 is 11.1 Å². The summed E-state index contributed by atoms with van der Waals surface area (Å²) in [6, 6.07) is 5.87. The van der Waals surface area contributed by atoms with Gasteiger partial charge in [-0.15, -0.1) is 0 Å². The topological polar surface area (TPSA) is 55.1 Å². The fourth-order valence-electron chi connectivity index (χ4n) is 2.82. The zero-order valence-electron chi connectivity index (χ0n) is 11.4. The van der Waals surface area contributed by atoms with Crippen LogP contribution in [0.5, 0.6) is 0 Å². The molecule has 0 spiro atoms. The number of nitrogens with one attached hydrogen (secondary N) is 1. The van der Waals surface area contributed by atoms with E-state index in [9.17, 15) is 4.79 Å². The second-order valence-electron chi connectivity index (χ2n) is 5.34. The van der Waals surface area contributed by atoms with E-state index in [-0.39, 0.29) is 11.9 Å². The standard InChI is InChI=1S/C15H20BrIN2O/c16-13-7-6-11(17)8-12(13)15(20)19-14(9-18)10-4-2-1-3-5-10/h6-8,10,14H,1-5,9,18H2,(H,19,20). The molecule has 2 rings (SSSR count). The molecule has 0 bridgehead atoms. The van der Waals surface area contributed by atoms with Gasteiger partial charge in [0.1, 0.15) is 0 Å². The molecular formula is C15H20BrIN2O. The third-order valence-corrected chi connectivity index (χ3v) is 5.32. The highest BCUT2D eigenvalue weighted by Gasteiger charge is 2.24. The minimum Gasteiger partial charge on any atom is -0.348 e. The molecular weight excluding hydrogens is 431 g/mol. The van der Waals surface area contributed by atoms with Crippen molar-refractivity contribution < 1.29 is 4.79 Å². The van der Waals surface area contributed by atoms with E-state index in [1.165, 1.54) is 32.1 Å². The maximum atomic E-state index is 12.4. The Morgan fingerprint density at radius 2 is 2.10 bits per heavy atom. The van der Waals surface area contributed by atoms with Crippen LogP contribution in [-0.2, 0) is 0 Å². The Morgan fingerprint density at radius 1 is 1.40 bits per heavy atom. The third-order valence-electron chi connectivity index (χ3n) is 3.96. The molecule has 1 fully saturated rings. The van der Waals surface area contributed by atoms with Crippen molar-refractivity contribution in [3.8, 4) is 0 Å². The zero-order valence-corrected chi connectivity index (χ0v) is 15.1. The van der Waals surface area contributed by atoms with Gasteiger partial charge in [-0.2, -0.15) is 0 Å². The van der Waals surface area contributed by atoms with Crippen molar-refractivity contribution >= 4 is 44.4 Å². The van der Waals surface area contributed by atoms with E-state index in [4.69, 9.17) is 5.73 Å². The number of rotatable bonds is 4. The maximum Gasteiger partial charge on any atom is 0.252 e. The average molecular weight is 451 g/mol. The molecule has 0 aliphatic heterocycles. The van der Waals surface area contributed by atoms with E-state index in [1.54, 1.807) is 0 Å². The molecule has 5 heteroatoms. The lowest BCUT2D eigenvalue weighted by Crippen LogP contribution is -2.46. The summed E-state index contributed by atoms with van der Waals surface area (Å²) in [6.45, 7) is 0.512. The van der Waals surface area contributed by atoms with Crippen molar-refractivity contribution in [2.24, 2.45) is 11.7 Å². The normalized spacial score (nSPS) is 17.8. The fourth-order valence-corrected chi connectivity index (χ4v) is 3.74. The van der Waals surface area contributed by atoms with Crippen LogP contribution in [0.15, 0.2) is 22.7 Å². The van der Waals surface area contributed by atoms with Crippen molar-refractivity contribution in [1.29, 1.82) is 0 Å². The quantitative estimate of drug-likeness (QED) is 0.687. The first kappa shape index (κ1) is 16.2. The number of hydrogen-bond donors (Lipinski definition) is 2. The second-order valence-corrected chi connectivity index (χ2v) is 7.44. The van der Waals surface area contributed by atoms with E-state index in [0.717, 1.165) is 8.04 Å². The molecule has 1 saturated carbocycles. The summed E-state index contributed by atoms with van der Waals surface area (Å²) < 4.78 is 1.88. The highest BCUT2D eigenvalue weighted by atomic mass is 127. The van der Waals surface area contributed by atoms with Gasteiger partial charge < -0.3 is 11.1 Å². The number of amides is 1. The van der Waals surface area contributed by atoms with Gasteiger partial charge in [-0.3, -0.25) is 4.79 Å². The third kappa shape index (κ3) is 4.18. The van der Waals surface area contributed by atoms with Gasteiger partial charge in [-0.25, -0.2) is 0 Å². The number of benzene rings is 1. The van der Waals surface area contributed by atoms with Crippen LogP contribution in [0.25, 0.3) is 0 Å². The molecule has 0 heterocycles. The molecule has 1 unspecified atom stereocenters. The van der Waals surface area contributed by atoms with Crippen LogP contribution in [0.2, 0.25) is 0 Å². The Labute approximate surface area is 142 Å². The molecule has 0 aromatic heterocycles. The Bertz CT molecular complexity index is 475. The summed E-state index contributed by atoms with van der Waals surface area (Å²) in [6.07, 6.45) is 6.17. The first-order chi connectivity index (χ1) is 9.61. The van der Waals surface area contributed by atoms with E-state index >= 15 is 0 Å². The van der Waals surface area contributed by atoms with Crippen molar-refractivity contribution in [2.45, 2.75) is 38.1 Å². The average Bonchev–Trinajstić information content (AvgIpc) is 2.48. The highest BCUT2D eigenvalue weighted by molar-refractivity contribution is 14.1. The Balaban J connectivity index is 2.06. The lowest BCUT2D eigenvalue weighted by Gasteiger charge is -2.30. The van der Waals surface area contributed by atoms with Gasteiger partial charge in [-0.1, -0.05) is 19.3 Å². The zero-order chi connectivity index (χ0) is 14.5. The number of hydrogen-bond acceptors (Lipinski definition) is 2. The number of carbonyl (C=O) groups excluding carboxylic acids is 1. The summed E-state index contributed by atoms with van der Waals surface area (Å²) in [7, 11) is 0. The molecule has 3 N–H and O–H groups in total. The minimum absolute atomic E-state index is 0.0311. The molecule has 1 aliphatic rings. The smallest absolute Gasteiger partial charge is 0.252 e. The van der Waals surface area contributed by atoms with E-state index in [1.807, 2.05) is 18.2 Å². The van der Waals surface area contributed by atoms with E-state index in [0.29, 0.717) is 18.0 Å². The molecule has 20 heavy (non-hydrogen) atoms. The lowest BCUT2D eigenvalue weighted by molar-refractivity contribution is 0.0914. The highest BCUT2D eigenvalue weighted by Crippen LogP contribution is 2.27. The molecule has 110 valence electrons. The summed E-state index contributed by atoms with van der Waals surface area (Å²) in [5.41, 5.74) is 6.56. The van der Waals surface area contributed by atoms with Crippen molar-refractivity contribution in [2.75, 3.05) is 6.54 Å². The van der Waals surface area contributed by atoms with Crippen LogP contribution in [0.3, 0.4) is 0 Å². The minimum atomic E-state index is -0.0311.